The highest BCUT2D eigenvalue weighted by molar-refractivity contribution is 5.89. The second-order valence-corrected chi connectivity index (χ2v) is 4.92. The Balaban J connectivity index is 2.42. The van der Waals surface area contributed by atoms with Crippen LogP contribution < -0.4 is 0 Å². The van der Waals surface area contributed by atoms with Crippen molar-refractivity contribution in [2.45, 2.75) is 39.0 Å². The maximum atomic E-state index is 13.7. The quantitative estimate of drug-likeness (QED) is 0.685. The largest absolute Gasteiger partial charge is 0.356 e. The van der Waals surface area contributed by atoms with Crippen molar-refractivity contribution in [1.29, 1.82) is 0 Å². The van der Waals surface area contributed by atoms with Gasteiger partial charge in [-0.15, -0.1) is 0 Å². The smallest absolute Gasteiger partial charge is 0.147 e. The van der Waals surface area contributed by atoms with Gasteiger partial charge < -0.3 is 4.98 Å². The Morgan fingerprint density at radius 2 is 2.19 bits per heavy atom. The standard InChI is InChI=1S/C14H16FN/c1-8-4-3-5-11-12(8)13-9(2)6-7-10(15)14(13)16-11/h6-8,16H,3-5H2,1-2H3. The molecular formula is C14H16FN. The highest BCUT2D eigenvalue weighted by Gasteiger charge is 2.23. The predicted molar refractivity (Wildman–Crippen MR) is 64.3 cm³/mol. The molecule has 1 heterocycles. The Bertz CT molecular complexity index is 553. The molecule has 0 radical (unpaired) electrons. The highest BCUT2D eigenvalue weighted by Crippen LogP contribution is 2.38. The number of aromatic nitrogens is 1. The van der Waals surface area contributed by atoms with Crippen LogP contribution in [0.5, 0.6) is 0 Å². The Hall–Kier alpha value is -1.31. The van der Waals surface area contributed by atoms with Gasteiger partial charge >= 0.3 is 0 Å². The van der Waals surface area contributed by atoms with Crippen molar-refractivity contribution < 1.29 is 4.39 Å². The Morgan fingerprint density at radius 1 is 1.38 bits per heavy atom. The first kappa shape index (κ1) is 9.88. The minimum atomic E-state index is -0.123. The summed E-state index contributed by atoms with van der Waals surface area (Å²) in [6.07, 6.45) is 3.49. The van der Waals surface area contributed by atoms with Crippen molar-refractivity contribution in [2.75, 3.05) is 0 Å². The normalized spacial score (nSPS) is 20.1. The lowest BCUT2D eigenvalue weighted by Gasteiger charge is -2.19. The first-order valence-corrected chi connectivity index (χ1v) is 5.98. The van der Waals surface area contributed by atoms with Crippen LogP contribution in [0.1, 0.15) is 42.5 Å². The minimum absolute atomic E-state index is 0.123. The Labute approximate surface area is 94.7 Å². The molecule has 1 aliphatic rings. The van der Waals surface area contributed by atoms with Gasteiger partial charge in [0.05, 0.1) is 5.52 Å². The van der Waals surface area contributed by atoms with Crippen molar-refractivity contribution in [3.8, 4) is 0 Å². The van der Waals surface area contributed by atoms with Crippen LogP contribution in [-0.2, 0) is 6.42 Å². The summed E-state index contributed by atoms with van der Waals surface area (Å²) < 4.78 is 13.7. The fraction of sp³-hybridized carbons (Fsp3) is 0.429. The zero-order valence-corrected chi connectivity index (χ0v) is 9.73. The van der Waals surface area contributed by atoms with Crippen LogP contribution in [-0.4, -0.2) is 4.98 Å². The van der Waals surface area contributed by atoms with E-state index in [1.165, 1.54) is 29.7 Å². The Morgan fingerprint density at radius 3 is 3.00 bits per heavy atom. The molecule has 2 heteroatoms. The van der Waals surface area contributed by atoms with Crippen LogP contribution in [0.2, 0.25) is 0 Å². The Kier molecular flexibility index (Phi) is 2.06. The van der Waals surface area contributed by atoms with Crippen molar-refractivity contribution in [3.63, 3.8) is 0 Å². The fourth-order valence-electron chi connectivity index (χ4n) is 2.99. The van der Waals surface area contributed by atoms with E-state index < -0.39 is 0 Å². The number of aryl methyl sites for hydroxylation is 2. The van der Waals surface area contributed by atoms with E-state index in [4.69, 9.17) is 0 Å². The molecule has 0 spiro atoms. The maximum Gasteiger partial charge on any atom is 0.147 e. The number of hydrogen-bond donors (Lipinski definition) is 1. The SMILES string of the molecule is Cc1ccc(F)c2[nH]c3c(c12)C(C)CCC3. The van der Waals surface area contributed by atoms with Gasteiger partial charge in [0.1, 0.15) is 5.82 Å². The van der Waals surface area contributed by atoms with E-state index in [-0.39, 0.29) is 5.82 Å². The van der Waals surface area contributed by atoms with Crippen molar-refractivity contribution in [2.24, 2.45) is 0 Å². The lowest BCUT2D eigenvalue weighted by molar-refractivity contribution is 0.588. The van der Waals surface area contributed by atoms with Gasteiger partial charge in [0.25, 0.3) is 0 Å². The molecule has 0 saturated carbocycles. The number of halogens is 1. The summed E-state index contributed by atoms with van der Waals surface area (Å²) in [5.74, 6) is 0.431. The molecule has 3 rings (SSSR count). The van der Waals surface area contributed by atoms with E-state index >= 15 is 0 Å². The van der Waals surface area contributed by atoms with Crippen molar-refractivity contribution >= 4 is 10.9 Å². The summed E-state index contributed by atoms with van der Waals surface area (Å²) >= 11 is 0. The predicted octanol–water partition coefficient (Wildman–Crippen LogP) is 4.06. The van der Waals surface area contributed by atoms with Crippen LogP contribution in [0.4, 0.5) is 4.39 Å². The third-order valence-electron chi connectivity index (χ3n) is 3.79. The number of rotatable bonds is 0. The van der Waals surface area contributed by atoms with Crippen LogP contribution in [0.25, 0.3) is 10.9 Å². The summed E-state index contributed by atoms with van der Waals surface area (Å²) in [5, 5.41) is 1.13. The summed E-state index contributed by atoms with van der Waals surface area (Å²) in [6, 6.07) is 3.44. The van der Waals surface area contributed by atoms with Gasteiger partial charge in [-0.05, 0) is 49.3 Å². The molecule has 1 aliphatic carbocycles. The van der Waals surface area contributed by atoms with Gasteiger partial charge in [-0.3, -0.25) is 0 Å². The van der Waals surface area contributed by atoms with E-state index in [2.05, 4.69) is 18.8 Å². The third kappa shape index (κ3) is 1.22. The molecule has 0 amide bonds. The molecule has 1 unspecified atom stereocenters. The molecule has 16 heavy (non-hydrogen) atoms. The second-order valence-electron chi connectivity index (χ2n) is 4.92. The van der Waals surface area contributed by atoms with Crippen molar-refractivity contribution in [3.05, 3.63) is 34.8 Å². The highest BCUT2D eigenvalue weighted by atomic mass is 19.1. The average molecular weight is 217 g/mol. The first-order chi connectivity index (χ1) is 7.68. The summed E-state index contributed by atoms with van der Waals surface area (Å²) in [7, 11) is 0. The molecule has 84 valence electrons. The number of H-pyrrole nitrogens is 1. The molecule has 0 bridgehead atoms. The molecule has 0 fully saturated rings. The van der Waals surface area contributed by atoms with E-state index in [1.807, 2.05) is 6.07 Å². The minimum Gasteiger partial charge on any atom is -0.356 e. The number of benzene rings is 1. The lowest BCUT2D eigenvalue weighted by atomic mass is 9.85. The van der Waals surface area contributed by atoms with E-state index in [1.54, 1.807) is 6.07 Å². The number of nitrogens with one attached hydrogen (secondary N) is 1. The van der Waals surface area contributed by atoms with Crippen LogP contribution in [0.3, 0.4) is 0 Å². The van der Waals surface area contributed by atoms with Crippen LogP contribution in [0, 0.1) is 12.7 Å². The van der Waals surface area contributed by atoms with Gasteiger partial charge in [0.15, 0.2) is 0 Å². The summed E-state index contributed by atoms with van der Waals surface area (Å²) in [6.45, 7) is 4.31. The first-order valence-electron chi connectivity index (χ1n) is 5.98. The van der Waals surface area contributed by atoms with Gasteiger partial charge in [-0.25, -0.2) is 4.39 Å². The fourth-order valence-corrected chi connectivity index (χ4v) is 2.99. The van der Waals surface area contributed by atoms with Crippen molar-refractivity contribution in [1.82, 2.24) is 4.98 Å². The molecule has 1 aromatic carbocycles. The number of hydrogen-bond acceptors (Lipinski definition) is 0. The third-order valence-corrected chi connectivity index (χ3v) is 3.79. The van der Waals surface area contributed by atoms with Gasteiger partial charge in [-0.1, -0.05) is 13.0 Å². The molecule has 1 N–H and O–H groups in total. The van der Waals surface area contributed by atoms with Gasteiger partial charge in [-0.2, -0.15) is 0 Å². The van der Waals surface area contributed by atoms with E-state index in [0.717, 1.165) is 11.8 Å². The monoisotopic (exact) mass is 217 g/mol. The summed E-state index contributed by atoms with van der Waals surface area (Å²) in [4.78, 5) is 3.28. The van der Waals surface area contributed by atoms with Gasteiger partial charge in [0.2, 0.25) is 0 Å². The second kappa shape index (κ2) is 3.34. The van der Waals surface area contributed by atoms with Crippen LogP contribution >= 0.6 is 0 Å². The molecule has 0 saturated heterocycles. The van der Waals surface area contributed by atoms with E-state index in [9.17, 15) is 4.39 Å². The average Bonchev–Trinajstić information content (AvgIpc) is 2.65. The zero-order valence-electron chi connectivity index (χ0n) is 9.73. The molecule has 0 aliphatic heterocycles. The van der Waals surface area contributed by atoms with Crippen LogP contribution in [0.15, 0.2) is 12.1 Å². The molecule has 2 aromatic rings. The number of fused-ring (bicyclic) bond motifs is 3. The van der Waals surface area contributed by atoms with E-state index in [0.29, 0.717) is 11.4 Å². The maximum absolute atomic E-state index is 13.7. The van der Waals surface area contributed by atoms with Gasteiger partial charge in [0, 0.05) is 11.1 Å². The molecule has 1 nitrogen and oxygen atoms in total. The molecular weight excluding hydrogens is 201 g/mol. The number of aromatic amines is 1. The summed E-state index contributed by atoms with van der Waals surface area (Å²) in [5.41, 5.74) is 4.50. The lowest BCUT2D eigenvalue weighted by Crippen LogP contribution is -2.05. The topological polar surface area (TPSA) is 15.8 Å². The molecule has 1 aromatic heterocycles. The molecule has 1 atom stereocenters. The zero-order chi connectivity index (χ0) is 11.3.